The van der Waals surface area contributed by atoms with Gasteiger partial charge in [0.2, 0.25) is 10.0 Å². The molecule has 0 aliphatic carbocycles. The third-order valence-electron chi connectivity index (χ3n) is 3.66. The van der Waals surface area contributed by atoms with Gasteiger partial charge in [0.25, 0.3) is 0 Å². The minimum Gasteiger partial charge on any atom is -0.496 e. The average molecular weight is 299 g/mol. The minimum absolute atomic E-state index is 0.175. The van der Waals surface area contributed by atoms with Gasteiger partial charge in [-0.25, -0.2) is 8.42 Å². The first-order chi connectivity index (χ1) is 9.32. The maximum atomic E-state index is 12.4. The zero-order chi connectivity index (χ0) is 15.0. The van der Waals surface area contributed by atoms with Gasteiger partial charge in [0.05, 0.1) is 17.6 Å². The van der Waals surface area contributed by atoms with E-state index in [-0.39, 0.29) is 18.0 Å². The number of hydrogen-bond acceptors (Lipinski definition) is 4. The van der Waals surface area contributed by atoms with Gasteiger partial charge >= 0.3 is 0 Å². The van der Waals surface area contributed by atoms with Gasteiger partial charge in [0, 0.05) is 13.1 Å². The number of β-amino-alcohol motifs (C(OH)–C–C–N with tert-alkyl or cyclic N) is 1. The lowest BCUT2D eigenvalue weighted by atomic mass is 9.92. The summed E-state index contributed by atoms with van der Waals surface area (Å²) in [6.45, 7) is 4.13. The number of rotatable bonds is 5. The number of nitrogens with zero attached hydrogens (tertiary/aromatic N) is 1. The molecule has 0 atom stereocenters. The van der Waals surface area contributed by atoms with Gasteiger partial charge in [0.1, 0.15) is 5.75 Å². The Kier molecular flexibility index (Phi) is 4.09. The van der Waals surface area contributed by atoms with E-state index in [4.69, 9.17) is 4.74 Å². The van der Waals surface area contributed by atoms with Crippen LogP contribution in [0.1, 0.15) is 25.3 Å². The Morgan fingerprint density at radius 2 is 2.05 bits per heavy atom. The number of sulfonamides is 1. The monoisotopic (exact) mass is 299 g/mol. The summed E-state index contributed by atoms with van der Waals surface area (Å²) in [6.07, 6.45) is 1.46. The maximum absolute atomic E-state index is 12.4. The Morgan fingerprint density at radius 1 is 1.40 bits per heavy atom. The largest absolute Gasteiger partial charge is 0.496 e. The minimum atomic E-state index is -3.52. The maximum Gasteiger partial charge on any atom is 0.243 e. The molecule has 112 valence electrons. The first kappa shape index (κ1) is 15.3. The summed E-state index contributed by atoms with van der Waals surface area (Å²) in [5, 5.41) is 10.1. The average Bonchev–Trinajstić information content (AvgIpc) is 2.36. The molecular formula is C14H21NO4S. The summed E-state index contributed by atoms with van der Waals surface area (Å²) in [4.78, 5) is 0.245. The van der Waals surface area contributed by atoms with E-state index >= 15 is 0 Å². The number of aryl methyl sites for hydroxylation is 1. The molecule has 5 nitrogen and oxygen atoms in total. The van der Waals surface area contributed by atoms with Gasteiger partial charge < -0.3 is 9.84 Å². The fraction of sp³-hybridized carbons (Fsp3) is 0.571. The molecule has 1 aliphatic heterocycles. The summed E-state index contributed by atoms with van der Waals surface area (Å²) in [6, 6.07) is 4.80. The van der Waals surface area contributed by atoms with Crippen LogP contribution in [0, 0.1) is 6.92 Å². The van der Waals surface area contributed by atoms with Crippen LogP contribution in [-0.2, 0) is 10.0 Å². The van der Waals surface area contributed by atoms with Gasteiger partial charge in [-0.15, -0.1) is 0 Å². The van der Waals surface area contributed by atoms with Crippen molar-refractivity contribution < 1.29 is 18.3 Å². The zero-order valence-electron chi connectivity index (χ0n) is 12.1. The van der Waals surface area contributed by atoms with E-state index in [1.807, 2.05) is 6.92 Å². The van der Waals surface area contributed by atoms with Crippen LogP contribution < -0.4 is 4.74 Å². The molecule has 1 fully saturated rings. The normalized spacial score (nSPS) is 18.6. The van der Waals surface area contributed by atoms with Crippen LogP contribution in [0.4, 0.5) is 0 Å². The van der Waals surface area contributed by atoms with E-state index in [0.717, 1.165) is 12.0 Å². The van der Waals surface area contributed by atoms with E-state index in [0.29, 0.717) is 12.2 Å². The number of ether oxygens (including phenoxy) is 1. The molecule has 0 aromatic heterocycles. The van der Waals surface area contributed by atoms with Gasteiger partial charge in [-0.1, -0.05) is 13.3 Å². The summed E-state index contributed by atoms with van der Waals surface area (Å²) in [5.74, 6) is 0.662. The molecule has 0 spiro atoms. The van der Waals surface area contributed by atoms with Crippen molar-refractivity contribution in [3.63, 3.8) is 0 Å². The molecule has 1 N–H and O–H groups in total. The predicted octanol–water partition coefficient (Wildman–Crippen LogP) is 1.54. The second-order valence-electron chi connectivity index (χ2n) is 5.38. The molecule has 6 heteroatoms. The predicted molar refractivity (Wildman–Crippen MR) is 76.3 cm³/mol. The summed E-state index contributed by atoms with van der Waals surface area (Å²) in [7, 11) is -1.97. The van der Waals surface area contributed by atoms with Gasteiger partial charge in [-0.2, -0.15) is 4.31 Å². The van der Waals surface area contributed by atoms with Gasteiger partial charge in [-0.05, 0) is 37.1 Å². The van der Waals surface area contributed by atoms with E-state index in [1.165, 1.54) is 4.31 Å². The second kappa shape index (κ2) is 5.35. The summed E-state index contributed by atoms with van der Waals surface area (Å²) < 4.78 is 31.3. The van der Waals surface area contributed by atoms with Crippen molar-refractivity contribution in [2.75, 3.05) is 20.2 Å². The van der Waals surface area contributed by atoms with Crippen molar-refractivity contribution in [2.45, 2.75) is 37.2 Å². The summed E-state index contributed by atoms with van der Waals surface area (Å²) in [5.41, 5.74) is -0.0820. The number of methoxy groups -OCH3 is 1. The lowest BCUT2D eigenvalue weighted by molar-refractivity contribution is -0.0653. The van der Waals surface area contributed by atoms with Crippen LogP contribution in [-0.4, -0.2) is 43.6 Å². The Balaban J connectivity index is 2.19. The number of hydrogen-bond donors (Lipinski definition) is 1. The molecule has 1 aromatic carbocycles. The topological polar surface area (TPSA) is 66.8 Å². The lowest BCUT2D eigenvalue weighted by Crippen LogP contribution is -2.63. The highest BCUT2D eigenvalue weighted by molar-refractivity contribution is 7.89. The molecule has 20 heavy (non-hydrogen) atoms. The van der Waals surface area contributed by atoms with Crippen molar-refractivity contribution in [3.05, 3.63) is 23.8 Å². The molecule has 1 heterocycles. The fourth-order valence-electron chi connectivity index (χ4n) is 2.56. The quantitative estimate of drug-likeness (QED) is 0.895. The Bertz CT molecular complexity index is 591. The van der Waals surface area contributed by atoms with Crippen molar-refractivity contribution in [1.29, 1.82) is 0 Å². The standard InChI is InChI=1S/C14H21NO4S/c1-4-7-14(16)9-15(10-14)20(17,18)12-5-6-13(19-3)11(2)8-12/h5-6,8,16H,4,7,9-10H2,1-3H3. The van der Waals surface area contributed by atoms with Crippen LogP contribution in [0.3, 0.4) is 0 Å². The molecule has 1 aliphatic rings. The van der Waals surface area contributed by atoms with Crippen LogP contribution in [0.25, 0.3) is 0 Å². The molecule has 0 radical (unpaired) electrons. The Hall–Kier alpha value is -1.11. The molecule has 2 rings (SSSR count). The SMILES string of the molecule is CCCC1(O)CN(S(=O)(=O)c2ccc(OC)c(C)c2)C1. The van der Waals surface area contributed by atoms with Crippen LogP contribution in [0.15, 0.2) is 23.1 Å². The third kappa shape index (κ3) is 2.68. The zero-order valence-corrected chi connectivity index (χ0v) is 12.9. The van der Waals surface area contributed by atoms with Crippen molar-refractivity contribution in [2.24, 2.45) is 0 Å². The number of benzene rings is 1. The van der Waals surface area contributed by atoms with Crippen LogP contribution in [0.2, 0.25) is 0 Å². The van der Waals surface area contributed by atoms with Crippen molar-refractivity contribution in [1.82, 2.24) is 4.31 Å². The van der Waals surface area contributed by atoms with Crippen molar-refractivity contribution in [3.8, 4) is 5.75 Å². The Morgan fingerprint density at radius 3 is 2.55 bits per heavy atom. The molecule has 0 amide bonds. The van der Waals surface area contributed by atoms with Crippen molar-refractivity contribution >= 4 is 10.0 Å². The van der Waals surface area contributed by atoms with Crippen LogP contribution >= 0.6 is 0 Å². The molecule has 0 saturated carbocycles. The second-order valence-corrected chi connectivity index (χ2v) is 7.32. The third-order valence-corrected chi connectivity index (χ3v) is 5.45. The molecule has 1 aromatic rings. The van der Waals surface area contributed by atoms with E-state index < -0.39 is 15.6 Å². The van der Waals surface area contributed by atoms with Gasteiger partial charge in [0.15, 0.2) is 0 Å². The highest BCUT2D eigenvalue weighted by Gasteiger charge is 2.46. The highest BCUT2D eigenvalue weighted by Crippen LogP contribution is 2.32. The molecule has 1 saturated heterocycles. The Labute approximate surface area is 120 Å². The summed E-state index contributed by atoms with van der Waals surface area (Å²) >= 11 is 0. The first-order valence-electron chi connectivity index (χ1n) is 6.69. The highest BCUT2D eigenvalue weighted by atomic mass is 32.2. The molecule has 0 bridgehead atoms. The van der Waals surface area contributed by atoms with E-state index in [2.05, 4.69) is 0 Å². The van der Waals surface area contributed by atoms with Crippen LogP contribution in [0.5, 0.6) is 5.75 Å². The van der Waals surface area contributed by atoms with Gasteiger partial charge in [-0.3, -0.25) is 0 Å². The fourth-order valence-corrected chi connectivity index (χ4v) is 4.25. The lowest BCUT2D eigenvalue weighted by Gasteiger charge is -2.45. The van der Waals surface area contributed by atoms with E-state index in [9.17, 15) is 13.5 Å². The van der Waals surface area contributed by atoms with E-state index in [1.54, 1.807) is 32.2 Å². The molecule has 0 unspecified atom stereocenters. The molecular weight excluding hydrogens is 278 g/mol. The number of aliphatic hydroxyl groups is 1. The first-order valence-corrected chi connectivity index (χ1v) is 8.13. The smallest absolute Gasteiger partial charge is 0.243 e.